The summed E-state index contributed by atoms with van der Waals surface area (Å²) < 4.78 is 7.63. The highest BCUT2D eigenvalue weighted by molar-refractivity contribution is 5.03. The molecule has 0 aliphatic carbocycles. The van der Waals surface area contributed by atoms with Crippen LogP contribution in [0.5, 0.6) is 0 Å². The van der Waals surface area contributed by atoms with Crippen molar-refractivity contribution >= 4 is 0 Å². The van der Waals surface area contributed by atoms with Crippen LogP contribution >= 0.6 is 0 Å². The normalized spacial score (nSPS) is 36.0. The number of imidazole rings is 1. The molecule has 1 N–H and O–H groups in total. The van der Waals surface area contributed by atoms with Crippen LogP contribution in [0.4, 0.5) is 0 Å². The molecule has 2 bridgehead atoms. The molecule has 0 saturated carbocycles. The lowest BCUT2D eigenvalue weighted by atomic mass is 9.85. The van der Waals surface area contributed by atoms with Crippen LogP contribution in [0, 0.1) is 5.92 Å². The van der Waals surface area contributed by atoms with Crippen LogP contribution in [-0.2, 0) is 11.8 Å². The van der Waals surface area contributed by atoms with Gasteiger partial charge >= 0.3 is 0 Å². The summed E-state index contributed by atoms with van der Waals surface area (Å²) >= 11 is 0. The van der Waals surface area contributed by atoms with Crippen molar-refractivity contribution in [2.75, 3.05) is 0 Å². The molecule has 82 valence electrons. The topological polar surface area (TPSA) is 47.3 Å². The quantitative estimate of drug-likeness (QED) is 0.789. The summed E-state index contributed by atoms with van der Waals surface area (Å²) in [5.41, 5.74) is 0. The van der Waals surface area contributed by atoms with Crippen LogP contribution < -0.4 is 0 Å². The summed E-state index contributed by atoms with van der Waals surface area (Å²) in [6.07, 6.45) is 7.00. The standard InChI is InChI=1S/C11H16N2O2/c1-13-5-4-12-11(13)10(14)8-6-7-2-3-9(8)15-7/h4-5,7-10,14H,2-3,6H2,1H3. The van der Waals surface area contributed by atoms with Crippen molar-refractivity contribution in [2.45, 2.75) is 37.6 Å². The van der Waals surface area contributed by atoms with Gasteiger partial charge in [-0.2, -0.15) is 0 Å². The first-order chi connectivity index (χ1) is 7.25. The minimum atomic E-state index is -0.472. The monoisotopic (exact) mass is 208 g/mol. The molecular formula is C11H16N2O2. The fourth-order valence-corrected chi connectivity index (χ4v) is 2.86. The summed E-state index contributed by atoms with van der Waals surface area (Å²) in [5.74, 6) is 1.00. The number of fused-ring (bicyclic) bond motifs is 2. The lowest BCUT2D eigenvalue weighted by Crippen LogP contribution is -2.25. The lowest BCUT2D eigenvalue weighted by molar-refractivity contribution is 0.0368. The summed E-state index contributed by atoms with van der Waals surface area (Å²) in [5, 5.41) is 10.2. The van der Waals surface area contributed by atoms with Gasteiger partial charge in [0.1, 0.15) is 11.9 Å². The van der Waals surface area contributed by atoms with E-state index in [2.05, 4.69) is 4.98 Å². The molecular weight excluding hydrogens is 192 g/mol. The van der Waals surface area contributed by atoms with Crippen molar-refractivity contribution in [1.29, 1.82) is 0 Å². The Hall–Kier alpha value is -0.870. The Morgan fingerprint density at radius 3 is 3.00 bits per heavy atom. The van der Waals surface area contributed by atoms with Crippen molar-refractivity contribution in [3.8, 4) is 0 Å². The van der Waals surface area contributed by atoms with E-state index in [1.807, 2.05) is 17.8 Å². The molecule has 2 aliphatic rings. The highest BCUT2D eigenvalue weighted by Crippen LogP contribution is 2.44. The van der Waals surface area contributed by atoms with E-state index >= 15 is 0 Å². The van der Waals surface area contributed by atoms with Crippen molar-refractivity contribution in [2.24, 2.45) is 13.0 Å². The Labute approximate surface area is 88.9 Å². The molecule has 4 atom stereocenters. The number of aromatic nitrogens is 2. The zero-order valence-electron chi connectivity index (χ0n) is 8.84. The fraction of sp³-hybridized carbons (Fsp3) is 0.727. The van der Waals surface area contributed by atoms with Crippen LogP contribution in [0.1, 0.15) is 31.2 Å². The summed E-state index contributed by atoms with van der Waals surface area (Å²) in [6.45, 7) is 0. The van der Waals surface area contributed by atoms with Gasteiger partial charge < -0.3 is 14.4 Å². The van der Waals surface area contributed by atoms with E-state index in [-0.39, 0.29) is 12.0 Å². The second-order valence-corrected chi connectivity index (χ2v) is 4.61. The molecule has 4 nitrogen and oxygen atoms in total. The van der Waals surface area contributed by atoms with Crippen molar-refractivity contribution < 1.29 is 9.84 Å². The average molecular weight is 208 g/mol. The fourth-order valence-electron chi connectivity index (χ4n) is 2.86. The molecule has 0 radical (unpaired) electrons. The second-order valence-electron chi connectivity index (χ2n) is 4.61. The minimum absolute atomic E-state index is 0.241. The van der Waals surface area contributed by atoms with Gasteiger partial charge in [-0.1, -0.05) is 0 Å². The Morgan fingerprint density at radius 2 is 2.47 bits per heavy atom. The number of rotatable bonds is 2. The molecule has 0 aromatic carbocycles. The van der Waals surface area contributed by atoms with Gasteiger partial charge in [0.2, 0.25) is 0 Å². The number of ether oxygens (including phenoxy) is 1. The predicted molar refractivity (Wildman–Crippen MR) is 54.2 cm³/mol. The number of nitrogens with zero attached hydrogens (tertiary/aromatic N) is 2. The lowest BCUT2D eigenvalue weighted by Gasteiger charge is -2.23. The Kier molecular flexibility index (Phi) is 2.07. The predicted octanol–water partition coefficient (Wildman–Crippen LogP) is 1.02. The third-order valence-electron chi connectivity index (χ3n) is 3.68. The summed E-state index contributed by atoms with van der Waals surface area (Å²) in [6, 6.07) is 0. The second kappa shape index (κ2) is 3.32. The molecule has 2 aliphatic heterocycles. The maximum Gasteiger partial charge on any atom is 0.137 e. The maximum absolute atomic E-state index is 10.2. The highest BCUT2D eigenvalue weighted by atomic mass is 16.5. The third kappa shape index (κ3) is 1.40. The molecule has 0 spiro atoms. The van der Waals surface area contributed by atoms with E-state index in [4.69, 9.17) is 4.74 Å². The van der Waals surface area contributed by atoms with Crippen LogP contribution in [-0.4, -0.2) is 26.9 Å². The third-order valence-corrected chi connectivity index (χ3v) is 3.68. The highest BCUT2D eigenvalue weighted by Gasteiger charge is 2.45. The molecule has 3 rings (SSSR count). The van der Waals surface area contributed by atoms with Crippen molar-refractivity contribution in [1.82, 2.24) is 9.55 Å². The molecule has 4 heteroatoms. The van der Waals surface area contributed by atoms with Crippen molar-refractivity contribution in [3.05, 3.63) is 18.2 Å². The minimum Gasteiger partial charge on any atom is -0.385 e. The molecule has 2 saturated heterocycles. The number of aryl methyl sites for hydroxylation is 1. The molecule has 1 aromatic rings. The first-order valence-corrected chi connectivity index (χ1v) is 5.56. The van der Waals surface area contributed by atoms with Gasteiger partial charge in [0.15, 0.2) is 0 Å². The van der Waals surface area contributed by atoms with E-state index in [9.17, 15) is 5.11 Å². The zero-order chi connectivity index (χ0) is 10.4. The van der Waals surface area contributed by atoms with E-state index in [0.717, 1.165) is 25.1 Å². The zero-order valence-corrected chi connectivity index (χ0v) is 8.84. The Bertz CT molecular complexity index is 363. The number of hydrogen-bond acceptors (Lipinski definition) is 3. The first-order valence-electron chi connectivity index (χ1n) is 5.56. The largest absolute Gasteiger partial charge is 0.385 e. The van der Waals surface area contributed by atoms with Gasteiger partial charge in [0.25, 0.3) is 0 Å². The van der Waals surface area contributed by atoms with Gasteiger partial charge in [0.05, 0.1) is 12.2 Å². The van der Waals surface area contributed by atoms with Gasteiger partial charge in [-0.15, -0.1) is 0 Å². The van der Waals surface area contributed by atoms with Gasteiger partial charge in [-0.25, -0.2) is 4.98 Å². The van der Waals surface area contributed by atoms with Gasteiger partial charge in [-0.3, -0.25) is 0 Å². The SMILES string of the molecule is Cn1ccnc1C(O)C1CC2CCC1O2. The van der Waals surface area contributed by atoms with E-state index in [1.54, 1.807) is 6.20 Å². The molecule has 15 heavy (non-hydrogen) atoms. The summed E-state index contributed by atoms with van der Waals surface area (Å²) in [7, 11) is 1.92. The molecule has 4 unspecified atom stereocenters. The van der Waals surface area contributed by atoms with Crippen LogP contribution in [0.3, 0.4) is 0 Å². The van der Waals surface area contributed by atoms with E-state index < -0.39 is 6.10 Å². The Balaban J connectivity index is 1.81. The van der Waals surface area contributed by atoms with E-state index in [0.29, 0.717) is 6.10 Å². The number of aliphatic hydroxyl groups excluding tert-OH is 1. The smallest absolute Gasteiger partial charge is 0.137 e. The summed E-state index contributed by atoms with van der Waals surface area (Å²) in [4.78, 5) is 4.20. The Morgan fingerprint density at radius 1 is 1.60 bits per heavy atom. The van der Waals surface area contributed by atoms with Crippen LogP contribution in [0.25, 0.3) is 0 Å². The maximum atomic E-state index is 10.2. The molecule has 1 aromatic heterocycles. The molecule has 2 fully saturated rings. The number of aliphatic hydroxyl groups is 1. The average Bonchev–Trinajstić information content (AvgIpc) is 2.91. The number of hydrogen-bond donors (Lipinski definition) is 1. The van der Waals surface area contributed by atoms with E-state index in [1.165, 1.54) is 0 Å². The van der Waals surface area contributed by atoms with Gasteiger partial charge in [-0.05, 0) is 19.3 Å². The van der Waals surface area contributed by atoms with Crippen LogP contribution in [0.15, 0.2) is 12.4 Å². The first kappa shape index (κ1) is 9.36. The van der Waals surface area contributed by atoms with Crippen LogP contribution in [0.2, 0.25) is 0 Å². The van der Waals surface area contributed by atoms with Crippen molar-refractivity contribution in [3.63, 3.8) is 0 Å². The molecule has 3 heterocycles. The van der Waals surface area contributed by atoms with Gasteiger partial charge in [0, 0.05) is 25.4 Å². The molecule has 0 amide bonds.